The van der Waals surface area contributed by atoms with Gasteiger partial charge in [0.15, 0.2) is 5.13 Å². The predicted molar refractivity (Wildman–Crippen MR) is 81.3 cm³/mol. The van der Waals surface area contributed by atoms with E-state index >= 15 is 0 Å². The summed E-state index contributed by atoms with van der Waals surface area (Å²) in [5.74, 6) is -0.489. The number of carbonyl (C=O) groups is 1. The van der Waals surface area contributed by atoms with Crippen molar-refractivity contribution < 1.29 is 19.4 Å². The van der Waals surface area contributed by atoms with Crippen molar-refractivity contribution in [3.8, 4) is 10.6 Å². The third kappa shape index (κ3) is 3.02. The number of hydrogen-bond acceptors (Lipinski definition) is 7. The van der Waals surface area contributed by atoms with Gasteiger partial charge in [0, 0.05) is 11.3 Å². The maximum absolute atomic E-state index is 12.8. The number of alkyl halides is 1. The first kappa shape index (κ1) is 15.5. The maximum atomic E-state index is 12.8. The van der Waals surface area contributed by atoms with Gasteiger partial charge in [0.05, 0.1) is 29.5 Å². The highest BCUT2D eigenvalue weighted by molar-refractivity contribution is 7.17. The first-order chi connectivity index (χ1) is 10.6. The molecular formula is C13H14FN3O3S2. The number of halogens is 1. The molecule has 0 bridgehead atoms. The summed E-state index contributed by atoms with van der Waals surface area (Å²) in [4.78, 5) is 21.0. The molecule has 0 aromatic carbocycles. The Hall–Kier alpha value is -1.42. The standard InChI is InChI=1S/C13H14FN3O3S2/c14-7-1-6(2-7)12(20)17-13-16-9(5-21-13)11-8(3-18)15-10(4-19)22-11/h5-7,18-19H,1-4H2,(H,16,17,20)/t6-,7-. The molecule has 9 heteroatoms. The van der Waals surface area contributed by atoms with Gasteiger partial charge in [0.2, 0.25) is 5.91 Å². The molecule has 2 heterocycles. The van der Waals surface area contributed by atoms with Crippen LogP contribution in [0.4, 0.5) is 9.52 Å². The van der Waals surface area contributed by atoms with E-state index in [0.717, 1.165) is 0 Å². The minimum absolute atomic E-state index is 0.197. The molecule has 3 N–H and O–H groups in total. The number of thiazole rings is 2. The zero-order chi connectivity index (χ0) is 15.7. The van der Waals surface area contributed by atoms with Crippen LogP contribution < -0.4 is 5.32 Å². The van der Waals surface area contributed by atoms with E-state index in [1.54, 1.807) is 5.38 Å². The van der Waals surface area contributed by atoms with Crippen LogP contribution in [0.3, 0.4) is 0 Å². The number of nitrogens with zero attached hydrogens (tertiary/aromatic N) is 2. The molecule has 0 spiro atoms. The smallest absolute Gasteiger partial charge is 0.229 e. The number of nitrogens with one attached hydrogen (secondary N) is 1. The number of hydrogen-bond donors (Lipinski definition) is 3. The molecule has 2 aromatic rings. The third-order valence-corrected chi connectivity index (χ3v) is 5.31. The number of aliphatic hydroxyl groups is 2. The Labute approximate surface area is 133 Å². The Balaban J connectivity index is 1.73. The van der Waals surface area contributed by atoms with Crippen molar-refractivity contribution in [2.24, 2.45) is 5.92 Å². The summed E-state index contributed by atoms with van der Waals surface area (Å²) in [7, 11) is 0. The normalized spacial score (nSPS) is 20.7. The van der Waals surface area contributed by atoms with Gasteiger partial charge < -0.3 is 15.5 Å². The first-order valence-corrected chi connectivity index (χ1v) is 8.41. The minimum Gasteiger partial charge on any atom is -0.390 e. The second-order valence-electron chi connectivity index (χ2n) is 4.99. The van der Waals surface area contributed by atoms with Crippen LogP contribution in [0.1, 0.15) is 23.5 Å². The van der Waals surface area contributed by atoms with Crippen molar-refractivity contribution in [3.63, 3.8) is 0 Å². The lowest BCUT2D eigenvalue weighted by atomic mass is 9.83. The quantitative estimate of drug-likeness (QED) is 0.771. The molecule has 1 fully saturated rings. The van der Waals surface area contributed by atoms with Crippen LogP contribution in [0.2, 0.25) is 0 Å². The SMILES string of the molecule is O=C(Nc1nc(-c2sc(CO)nc2CO)cs1)[C@H]1C[C@H](F)C1. The lowest BCUT2D eigenvalue weighted by Gasteiger charge is -2.27. The Morgan fingerprint density at radius 2 is 2.14 bits per heavy atom. The van der Waals surface area contributed by atoms with Gasteiger partial charge in [0.1, 0.15) is 11.2 Å². The number of carbonyl (C=O) groups excluding carboxylic acids is 1. The number of aromatic nitrogens is 2. The lowest BCUT2D eigenvalue weighted by Crippen LogP contribution is -2.35. The summed E-state index contributed by atoms with van der Waals surface area (Å²) < 4.78 is 12.8. The van der Waals surface area contributed by atoms with Gasteiger partial charge in [-0.1, -0.05) is 0 Å². The van der Waals surface area contributed by atoms with E-state index in [-0.39, 0.29) is 37.9 Å². The topological polar surface area (TPSA) is 95.3 Å². The maximum Gasteiger partial charge on any atom is 0.229 e. The monoisotopic (exact) mass is 343 g/mol. The zero-order valence-electron chi connectivity index (χ0n) is 11.5. The number of anilines is 1. The molecule has 0 atom stereocenters. The molecule has 1 saturated carbocycles. The van der Waals surface area contributed by atoms with Crippen molar-refractivity contribution in [2.75, 3.05) is 5.32 Å². The molecule has 1 aliphatic carbocycles. The molecule has 0 aliphatic heterocycles. The molecule has 3 rings (SSSR count). The minimum atomic E-state index is -0.871. The van der Waals surface area contributed by atoms with E-state index in [9.17, 15) is 14.3 Å². The van der Waals surface area contributed by atoms with Crippen LogP contribution in [0, 0.1) is 5.92 Å². The predicted octanol–water partition coefficient (Wildman–Crippen LogP) is 1.94. The Kier molecular flexibility index (Phi) is 4.48. The van der Waals surface area contributed by atoms with E-state index < -0.39 is 6.17 Å². The largest absolute Gasteiger partial charge is 0.390 e. The summed E-state index contributed by atoms with van der Waals surface area (Å²) in [6, 6.07) is 0. The van der Waals surface area contributed by atoms with Crippen LogP contribution in [-0.4, -0.2) is 32.3 Å². The zero-order valence-corrected chi connectivity index (χ0v) is 13.1. The van der Waals surface area contributed by atoms with Gasteiger partial charge in [-0.15, -0.1) is 22.7 Å². The summed E-state index contributed by atoms with van der Waals surface area (Å²) in [6.45, 7) is -0.442. The second kappa shape index (κ2) is 6.37. The molecule has 22 heavy (non-hydrogen) atoms. The summed E-state index contributed by atoms with van der Waals surface area (Å²) >= 11 is 2.51. The number of amides is 1. The van der Waals surface area contributed by atoms with Crippen LogP contribution >= 0.6 is 22.7 Å². The van der Waals surface area contributed by atoms with Crippen molar-refractivity contribution in [1.82, 2.24) is 9.97 Å². The highest BCUT2D eigenvalue weighted by Crippen LogP contribution is 2.34. The van der Waals surface area contributed by atoms with Crippen LogP contribution in [-0.2, 0) is 18.0 Å². The molecule has 1 aliphatic rings. The van der Waals surface area contributed by atoms with E-state index in [0.29, 0.717) is 26.4 Å². The molecule has 0 radical (unpaired) electrons. The summed E-state index contributed by atoms with van der Waals surface area (Å²) in [6.07, 6.45) is -0.329. The first-order valence-electron chi connectivity index (χ1n) is 6.71. The van der Waals surface area contributed by atoms with Crippen LogP contribution in [0.5, 0.6) is 0 Å². The third-order valence-electron chi connectivity index (χ3n) is 3.44. The fourth-order valence-electron chi connectivity index (χ4n) is 2.18. The van der Waals surface area contributed by atoms with Gasteiger partial charge >= 0.3 is 0 Å². The fourth-order valence-corrected chi connectivity index (χ4v) is 3.85. The highest BCUT2D eigenvalue weighted by atomic mass is 32.1. The Morgan fingerprint density at radius 3 is 2.77 bits per heavy atom. The van der Waals surface area contributed by atoms with Gasteiger partial charge in [-0.05, 0) is 12.8 Å². The molecule has 1 amide bonds. The van der Waals surface area contributed by atoms with Crippen molar-refractivity contribution in [2.45, 2.75) is 32.2 Å². The van der Waals surface area contributed by atoms with Crippen LogP contribution in [0.25, 0.3) is 10.6 Å². The Morgan fingerprint density at radius 1 is 1.36 bits per heavy atom. The van der Waals surface area contributed by atoms with Gasteiger partial charge in [-0.3, -0.25) is 4.79 Å². The van der Waals surface area contributed by atoms with Crippen molar-refractivity contribution in [3.05, 3.63) is 16.1 Å². The summed E-state index contributed by atoms with van der Waals surface area (Å²) in [5, 5.41) is 23.8. The molecule has 0 unspecified atom stereocenters. The van der Waals surface area contributed by atoms with Gasteiger partial charge in [0.25, 0.3) is 0 Å². The van der Waals surface area contributed by atoms with Crippen LogP contribution in [0.15, 0.2) is 5.38 Å². The fraction of sp³-hybridized carbons (Fsp3) is 0.462. The highest BCUT2D eigenvalue weighted by Gasteiger charge is 2.34. The second-order valence-corrected chi connectivity index (χ2v) is 6.93. The molecule has 6 nitrogen and oxygen atoms in total. The van der Waals surface area contributed by atoms with Gasteiger partial charge in [-0.25, -0.2) is 14.4 Å². The number of aliphatic hydroxyl groups excluding tert-OH is 2. The van der Waals surface area contributed by atoms with Gasteiger partial charge in [-0.2, -0.15) is 0 Å². The van der Waals surface area contributed by atoms with E-state index in [4.69, 9.17) is 5.11 Å². The molecule has 0 saturated heterocycles. The Bertz CT molecular complexity index is 682. The molecule has 2 aromatic heterocycles. The molecule has 118 valence electrons. The summed E-state index contributed by atoms with van der Waals surface area (Å²) in [5.41, 5.74) is 1.05. The average Bonchev–Trinajstić information content (AvgIpc) is 3.09. The van der Waals surface area contributed by atoms with Crippen molar-refractivity contribution in [1.29, 1.82) is 0 Å². The van der Waals surface area contributed by atoms with E-state index in [2.05, 4.69) is 15.3 Å². The average molecular weight is 343 g/mol. The van der Waals surface area contributed by atoms with E-state index in [1.807, 2.05) is 0 Å². The number of rotatable bonds is 5. The van der Waals surface area contributed by atoms with Crippen molar-refractivity contribution >= 4 is 33.7 Å². The van der Waals surface area contributed by atoms with E-state index in [1.165, 1.54) is 22.7 Å². The molecular weight excluding hydrogens is 329 g/mol. The lowest BCUT2D eigenvalue weighted by molar-refractivity contribution is -0.124.